The summed E-state index contributed by atoms with van der Waals surface area (Å²) in [7, 11) is 0. The average Bonchev–Trinajstić information content (AvgIpc) is 3.31. The van der Waals surface area contributed by atoms with E-state index in [0.29, 0.717) is 33.7 Å². The monoisotopic (exact) mass is 734 g/mol. The molecule has 1 unspecified atom stereocenters. The molecule has 6 nitrogen and oxygen atoms in total. The highest BCUT2D eigenvalue weighted by molar-refractivity contribution is 8.01. The summed E-state index contributed by atoms with van der Waals surface area (Å²) in [4.78, 5) is 32.3. The predicted octanol–water partition coefficient (Wildman–Crippen LogP) is 12.0. The second-order valence-corrected chi connectivity index (χ2v) is 14.6. The molecule has 1 saturated heterocycles. The number of amidine groups is 1. The summed E-state index contributed by atoms with van der Waals surface area (Å²) in [6.07, 6.45) is 14.0. The molecule has 0 radical (unpaired) electrons. The molecule has 47 heavy (non-hydrogen) atoms. The lowest BCUT2D eigenvalue weighted by molar-refractivity contribution is -0.117. The maximum Gasteiger partial charge on any atom is 0.267 e. The van der Waals surface area contributed by atoms with Crippen molar-refractivity contribution in [1.82, 2.24) is 5.43 Å². The number of nitrogens with one attached hydrogen (secondary N) is 2. The summed E-state index contributed by atoms with van der Waals surface area (Å²) in [5.74, 6) is -0.0189. The number of rotatable bonds is 17. The Hall–Kier alpha value is -2.42. The molecule has 0 bridgehead atoms. The van der Waals surface area contributed by atoms with Crippen molar-refractivity contribution in [3.8, 4) is 0 Å². The largest absolute Gasteiger partial charge is 0.326 e. The van der Waals surface area contributed by atoms with Crippen LogP contribution >= 0.6 is 58.2 Å². The Labute approximate surface area is 302 Å². The van der Waals surface area contributed by atoms with Gasteiger partial charge in [0.2, 0.25) is 5.91 Å². The van der Waals surface area contributed by atoms with Crippen molar-refractivity contribution in [3.63, 3.8) is 0 Å². The molecule has 0 saturated carbocycles. The Balaban J connectivity index is 1.42. The van der Waals surface area contributed by atoms with Crippen molar-refractivity contribution >= 4 is 92.9 Å². The van der Waals surface area contributed by atoms with E-state index in [4.69, 9.17) is 51.4 Å². The minimum absolute atomic E-state index is 0.0535. The van der Waals surface area contributed by atoms with Crippen LogP contribution in [-0.2, 0) is 9.59 Å². The minimum Gasteiger partial charge on any atom is -0.326 e. The van der Waals surface area contributed by atoms with Crippen LogP contribution in [0.15, 0.2) is 64.5 Å². The molecule has 1 heterocycles. The number of carbonyl (C=O) groups is 2. The summed E-state index contributed by atoms with van der Waals surface area (Å²) < 4.78 is 0. The van der Waals surface area contributed by atoms with Gasteiger partial charge in [0.05, 0.1) is 20.8 Å². The van der Waals surface area contributed by atoms with Gasteiger partial charge < -0.3 is 5.32 Å². The van der Waals surface area contributed by atoms with Gasteiger partial charge in [-0.15, -0.1) is 11.8 Å². The molecule has 11 heteroatoms. The quantitative estimate of drug-likeness (QED) is 0.135. The van der Waals surface area contributed by atoms with Gasteiger partial charge in [0.1, 0.15) is 16.8 Å². The Morgan fingerprint density at radius 3 is 2.11 bits per heavy atom. The molecule has 1 atom stereocenters. The van der Waals surface area contributed by atoms with Crippen molar-refractivity contribution in [2.24, 2.45) is 4.99 Å². The number of hydrogen-bond acceptors (Lipinski definition) is 4. The summed E-state index contributed by atoms with van der Waals surface area (Å²) in [5.41, 5.74) is 5.38. The van der Waals surface area contributed by atoms with Crippen LogP contribution in [0.1, 0.15) is 89.5 Å². The third-order valence-electron chi connectivity index (χ3n) is 7.94. The first-order valence-corrected chi connectivity index (χ1v) is 18.7. The standard InChI is InChI=1S/C36H42Cl4N4O2S/c1-3-4-5-6-7-8-9-10-11-12-13-18-32(45)41-26-19-20-27(38)30(23-26)42-35-34(47-31-17-15-14-16-24(31)2)36(46)44(43-35)33-28(39)21-25(37)22-29(33)40/h14-17,19-23,34H,3-13,18H2,1-2H3,(H,41,45)(H,42,43). The molecule has 3 aromatic carbocycles. The topological polar surface area (TPSA) is 73.8 Å². The van der Waals surface area contributed by atoms with E-state index in [1.54, 1.807) is 18.2 Å². The molecular weight excluding hydrogens is 694 g/mol. The first-order valence-electron chi connectivity index (χ1n) is 16.3. The van der Waals surface area contributed by atoms with Crippen LogP contribution in [0.2, 0.25) is 20.1 Å². The lowest BCUT2D eigenvalue weighted by Crippen LogP contribution is -2.36. The third kappa shape index (κ3) is 11.0. The van der Waals surface area contributed by atoms with Crippen LogP contribution in [0, 0.1) is 6.92 Å². The van der Waals surface area contributed by atoms with Crippen LogP contribution in [0.4, 0.5) is 17.1 Å². The maximum atomic E-state index is 13.9. The van der Waals surface area contributed by atoms with Gasteiger partial charge in [-0.3, -0.25) is 15.0 Å². The van der Waals surface area contributed by atoms with Crippen molar-refractivity contribution < 1.29 is 9.59 Å². The smallest absolute Gasteiger partial charge is 0.267 e. The molecule has 4 rings (SSSR count). The molecule has 0 aromatic heterocycles. The minimum atomic E-state index is -0.755. The van der Waals surface area contributed by atoms with Crippen molar-refractivity contribution in [2.45, 2.75) is 101 Å². The van der Waals surface area contributed by atoms with Gasteiger partial charge in [0.15, 0.2) is 0 Å². The van der Waals surface area contributed by atoms with E-state index in [2.05, 4.69) is 17.7 Å². The number of carbonyl (C=O) groups excluding carboxylic acids is 2. The molecule has 1 aliphatic heterocycles. The number of hydrogen-bond donors (Lipinski definition) is 2. The number of anilines is 2. The first kappa shape index (κ1) is 37.4. The number of aryl methyl sites for hydroxylation is 1. The molecule has 1 aliphatic rings. The van der Waals surface area contributed by atoms with Crippen molar-refractivity contribution in [3.05, 3.63) is 80.3 Å². The number of benzene rings is 3. The Bertz CT molecular complexity index is 1540. The second kappa shape index (κ2) is 18.9. The number of halogens is 4. The van der Waals surface area contributed by atoms with Gasteiger partial charge in [-0.2, -0.15) is 0 Å². The Kier molecular flexibility index (Phi) is 15.1. The number of unbranched alkanes of at least 4 members (excludes halogenated alkanes) is 10. The number of nitrogens with zero attached hydrogens (tertiary/aromatic N) is 2. The van der Waals surface area contributed by atoms with E-state index in [-0.39, 0.29) is 27.5 Å². The highest BCUT2D eigenvalue weighted by Gasteiger charge is 2.41. The van der Waals surface area contributed by atoms with E-state index < -0.39 is 5.25 Å². The fourth-order valence-corrected chi connectivity index (χ4v) is 7.60. The summed E-state index contributed by atoms with van der Waals surface area (Å²) in [6, 6.07) is 16.0. The normalized spacial score (nSPS) is 15.4. The zero-order valence-electron chi connectivity index (χ0n) is 26.9. The van der Waals surface area contributed by atoms with Gasteiger partial charge in [-0.05, 0) is 55.3 Å². The average molecular weight is 737 g/mol. The number of thioether (sulfide) groups is 1. The highest BCUT2D eigenvalue weighted by Crippen LogP contribution is 2.40. The maximum absolute atomic E-state index is 13.9. The van der Waals surface area contributed by atoms with Gasteiger partial charge in [-0.1, -0.05) is 136 Å². The van der Waals surface area contributed by atoms with E-state index >= 15 is 0 Å². The molecular formula is C36H42Cl4N4O2S. The highest BCUT2D eigenvalue weighted by atomic mass is 35.5. The Morgan fingerprint density at radius 2 is 1.47 bits per heavy atom. The second-order valence-electron chi connectivity index (χ2n) is 11.8. The van der Waals surface area contributed by atoms with Crippen molar-refractivity contribution in [2.75, 3.05) is 10.3 Å². The molecule has 252 valence electrons. The van der Waals surface area contributed by atoms with Crippen LogP contribution in [0.5, 0.6) is 0 Å². The first-order chi connectivity index (χ1) is 22.7. The number of hydrazine groups is 1. The fraction of sp³-hybridized carbons (Fsp3) is 0.417. The van der Waals surface area contributed by atoms with Crippen molar-refractivity contribution in [1.29, 1.82) is 0 Å². The lowest BCUT2D eigenvalue weighted by Gasteiger charge is -2.19. The van der Waals surface area contributed by atoms with Gasteiger partial charge >= 0.3 is 0 Å². The molecule has 2 amide bonds. The molecule has 3 aromatic rings. The lowest BCUT2D eigenvalue weighted by atomic mass is 10.1. The van der Waals surface area contributed by atoms with Crippen LogP contribution in [0.3, 0.4) is 0 Å². The number of amides is 2. The predicted molar refractivity (Wildman–Crippen MR) is 201 cm³/mol. The SMILES string of the molecule is CCCCCCCCCCCCCC(=O)Nc1ccc(Cl)c(N=C2NN(c3c(Cl)cc(Cl)cc3Cl)C(=O)C2Sc2ccccc2C)c1. The molecule has 0 spiro atoms. The molecule has 2 N–H and O–H groups in total. The summed E-state index contributed by atoms with van der Waals surface area (Å²) in [6.45, 7) is 4.23. The van der Waals surface area contributed by atoms with Gasteiger partial charge in [0, 0.05) is 22.0 Å². The van der Waals surface area contributed by atoms with E-state index in [9.17, 15) is 9.59 Å². The van der Waals surface area contributed by atoms with E-state index in [1.807, 2.05) is 31.2 Å². The Morgan fingerprint density at radius 1 is 0.851 bits per heavy atom. The van der Waals surface area contributed by atoms with Crippen LogP contribution in [0.25, 0.3) is 0 Å². The van der Waals surface area contributed by atoms with E-state index in [1.165, 1.54) is 80.3 Å². The van der Waals surface area contributed by atoms with Gasteiger partial charge in [-0.25, -0.2) is 10.0 Å². The molecule has 0 aliphatic carbocycles. The molecule has 1 fully saturated rings. The van der Waals surface area contributed by atoms with Crippen LogP contribution in [-0.4, -0.2) is 22.9 Å². The van der Waals surface area contributed by atoms with E-state index in [0.717, 1.165) is 29.7 Å². The summed E-state index contributed by atoms with van der Waals surface area (Å²) >= 11 is 27.1. The third-order valence-corrected chi connectivity index (χ3v) is 10.4. The van der Waals surface area contributed by atoms with Crippen LogP contribution < -0.4 is 15.8 Å². The fourth-order valence-electron chi connectivity index (χ4n) is 5.36. The van der Waals surface area contributed by atoms with Gasteiger partial charge in [0.25, 0.3) is 5.91 Å². The summed E-state index contributed by atoms with van der Waals surface area (Å²) in [5, 5.41) is 4.66. The zero-order chi connectivity index (χ0) is 33.8. The number of aliphatic imine (C=N–C) groups is 1. The zero-order valence-corrected chi connectivity index (χ0v) is 30.7.